The molecule has 0 fully saturated rings. The van der Waals surface area contributed by atoms with Crippen LogP contribution in [0.2, 0.25) is 0 Å². The van der Waals surface area contributed by atoms with E-state index in [0.29, 0.717) is 16.6 Å². The molecule has 0 atom stereocenters. The fourth-order valence-electron chi connectivity index (χ4n) is 2.29. The minimum absolute atomic E-state index is 0.254. The van der Waals surface area contributed by atoms with Gasteiger partial charge in [-0.2, -0.15) is 14.7 Å². The third kappa shape index (κ3) is 2.75. The van der Waals surface area contributed by atoms with Crippen LogP contribution in [0.3, 0.4) is 0 Å². The van der Waals surface area contributed by atoms with Crippen molar-refractivity contribution in [2.75, 3.05) is 5.75 Å². The summed E-state index contributed by atoms with van der Waals surface area (Å²) in [5.41, 5.74) is 2.60. The normalized spacial score (nSPS) is 11.3. The molecule has 3 rings (SSSR count). The average Bonchev–Trinajstić information content (AvgIpc) is 3.09. The molecule has 0 amide bonds. The first-order chi connectivity index (χ1) is 11.0. The molecule has 0 aliphatic carbocycles. The van der Waals surface area contributed by atoms with Gasteiger partial charge in [-0.3, -0.25) is 9.67 Å². The number of H-pyrrole nitrogens is 1. The molecule has 0 saturated heterocycles. The number of thioether (sulfide) groups is 1. The minimum atomic E-state index is -0.333. The highest BCUT2D eigenvalue weighted by Crippen LogP contribution is 2.27. The highest BCUT2D eigenvalue weighted by molar-refractivity contribution is 7.99. The van der Waals surface area contributed by atoms with Crippen LogP contribution in [0.4, 0.5) is 0 Å². The van der Waals surface area contributed by atoms with E-state index in [1.807, 2.05) is 17.8 Å². The molecular formula is C15H16N6OS. The van der Waals surface area contributed by atoms with E-state index in [9.17, 15) is 4.79 Å². The van der Waals surface area contributed by atoms with Crippen molar-refractivity contribution in [3.05, 3.63) is 28.6 Å². The van der Waals surface area contributed by atoms with Gasteiger partial charge in [0.1, 0.15) is 0 Å². The number of aromatic nitrogens is 6. The Hall–Kier alpha value is -2.53. The fraction of sp³-hybridized carbons (Fsp3) is 0.333. The Balaban J connectivity index is 2.19. The maximum atomic E-state index is 12.2. The number of aromatic amines is 1. The third-order valence-corrected chi connectivity index (χ3v) is 4.14. The average molecular weight is 328 g/mol. The molecule has 3 heterocycles. The van der Waals surface area contributed by atoms with Gasteiger partial charge in [-0.1, -0.05) is 17.7 Å². The Bertz CT molecular complexity index is 959. The van der Waals surface area contributed by atoms with Crippen LogP contribution in [0, 0.1) is 19.3 Å². The molecule has 0 aliphatic heterocycles. The van der Waals surface area contributed by atoms with Gasteiger partial charge in [0.2, 0.25) is 0 Å². The summed E-state index contributed by atoms with van der Waals surface area (Å²) in [4.78, 5) is 19.4. The van der Waals surface area contributed by atoms with Gasteiger partial charge in [0.15, 0.2) is 10.8 Å². The van der Waals surface area contributed by atoms with Crippen LogP contribution < -0.4 is 5.69 Å². The van der Waals surface area contributed by atoms with E-state index in [1.54, 1.807) is 6.20 Å². The number of aryl methyl sites for hydroxylation is 1. The zero-order valence-electron chi connectivity index (χ0n) is 13.1. The lowest BCUT2D eigenvalue weighted by atomic mass is 10.1. The zero-order valence-corrected chi connectivity index (χ0v) is 13.9. The van der Waals surface area contributed by atoms with Crippen molar-refractivity contribution in [1.82, 2.24) is 29.4 Å². The van der Waals surface area contributed by atoms with Gasteiger partial charge in [-0.15, -0.1) is 6.42 Å². The smallest absolute Gasteiger partial charge is 0.285 e. The van der Waals surface area contributed by atoms with Gasteiger partial charge >= 0.3 is 5.69 Å². The van der Waals surface area contributed by atoms with Gasteiger partial charge in [-0.05, 0) is 20.8 Å². The lowest BCUT2D eigenvalue weighted by molar-refractivity contribution is 0.532. The van der Waals surface area contributed by atoms with Crippen molar-refractivity contribution >= 4 is 17.4 Å². The number of rotatable bonds is 4. The standard InChI is InChI=1S/C15H16N6OS/c1-5-6-23-14-17-13-12(10(4)19-21(13)15(22)18-14)11-7-16-20(8-11)9(2)3/h1,7-9H,6H2,2-4H3,(H,17,18,22). The molecule has 0 spiro atoms. The lowest BCUT2D eigenvalue weighted by Gasteiger charge is -2.03. The summed E-state index contributed by atoms with van der Waals surface area (Å²) in [5, 5.41) is 9.12. The third-order valence-electron chi connectivity index (χ3n) is 3.36. The Labute approximate surface area is 137 Å². The van der Waals surface area contributed by atoms with Crippen molar-refractivity contribution in [3.8, 4) is 23.5 Å². The molecule has 0 saturated carbocycles. The first-order valence-corrected chi connectivity index (χ1v) is 8.10. The molecule has 0 bridgehead atoms. The number of hydrogen-bond acceptors (Lipinski definition) is 5. The molecular weight excluding hydrogens is 312 g/mol. The number of nitrogens with zero attached hydrogens (tertiary/aromatic N) is 5. The molecule has 23 heavy (non-hydrogen) atoms. The Kier molecular flexibility index (Phi) is 3.96. The van der Waals surface area contributed by atoms with E-state index < -0.39 is 0 Å². The second-order valence-electron chi connectivity index (χ2n) is 5.34. The number of fused-ring (bicyclic) bond motifs is 1. The van der Waals surface area contributed by atoms with E-state index in [4.69, 9.17) is 6.42 Å². The number of nitrogens with one attached hydrogen (secondary N) is 1. The predicted molar refractivity (Wildman–Crippen MR) is 89.5 cm³/mol. The van der Waals surface area contributed by atoms with Gasteiger partial charge in [0.25, 0.3) is 0 Å². The monoisotopic (exact) mass is 328 g/mol. The highest BCUT2D eigenvalue weighted by atomic mass is 32.2. The minimum Gasteiger partial charge on any atom is -0.285 e. The lowest BCUT2D eigenvalue weighted by Crippen LogP contribution is -2.19. The molecule has 118 valence electrons. The molecule has 1 N–H and O–H groups in total. The van der Waals surface area contributed by atoms with Crippen LogP contribution in [0.25, 0.3) is 16.8 Å². The van der Waals surface area contributed by atoms with Crippen LogP contribution in [0.1, 0.15) is 25.6 Å². The molecule has 0 aliphatic rings. The summed E-state index contributed by atoms with van der Waals surface area (Å²) in [5.74, 6) is 2.95. The van der Waals surface area contributed by atoms with E-state index in [2.05, 4.69) is 39.9 Å². The van der Waals surface area contributed by atoms with Gasteiger partial charge in [0, 0.05) is 17.8 Å². The van der Waals surface area contributed by atoms with Crippen LogP contribution >= 0.6 is 11.8 Å². The molecule has 3 aromatic rings. The predicted octanol–water partition coefficient (Wildman–Crippen LogP) is 1.90. The first-order valence-electron chi connectivity index (χ1n) is 7.11. The molecule has 0 aromatic carbocycles. The van der Waals surface area contributed by atoms with Crippen molar-refractivity contribution in [2.24, 2.45) is 0 Å². The Morgan fingerprint density at radius 1 is 1.48 bits per heavy atom. The summed E-state index contributed by atoms with van der Waals surface area (Å²) in [6.45, 7) is 5.96. The molecule has 8 heteroatoms. The zero-order chi connectivity index (χ0) is 16.6. The van der Waals surface area contributed by atoms with Crippen LogP contribution in [0.5, 0.6) is 0 Å². The molecule has 0 radical (unpaired) electrons. The van der Waals surface area contributed by atoms with Crippen molar-refractivity contribution in [2.45, 2.75) is 32.0 Å². The van der Waals surface area contributed by atoms with Gasteiger partial charge in [-0.25, -0.2) is 9.78 Å². The number of terminal acetylenes is 1. The second-order valence-corrected chi connectivity index (χ2v) is 6.30. The van der Waals surface area contributed by atoms with Gasteiger partial charge in [0.05, 0.1) is 23.2 Å². The maximum Gasteiger partial charge on any atom is 0.350 e. The van der Waals surface area contributed by atoms with Crippen LogP contribution in [-0.4, -0.2) is 35.1 Å². The van der Waals surface area contributed by atoms with Gasteiger partial charge < -0.3 is 0 Å². The maximum absolute atomic E-state index is 12.2. The van der Waals surface area contributed by atoms with E-state index in [-0.39, 0.29) is 11.7 Å². The van der Waals surface area contributed by atoms with Crippen molar-refractivity contribution < 1.29 is 0 Å². The fourth-order valence-corrected chi connectivity index (χ4v) is 2.82. The first kappa shape index (κ1) is 15.4. The topological polar surface area (TPSA) is 80.9 Å². The SMILES string of the molecule is C#CCSc1nc2c(-c3cnn(C(C)C)c3)c(C)nn2c(=O)[nH]1. The molecule has 3 aromatic heterocycles. The van der Waals surface area contributed by atoms with Crippen molar-refractivity contribution in [3.63, 3.8) is 0 Å². The van der Waals surface area contributed by atoms with E-state index >= 15 is 0 Å². The quantitative estimate of drug-likeness (QED) is 0.584. The summed E-state index contributed by atoms with van der Waals surface area (Å²) < 4.78 is 3.14. The summed E-state index contributed by atoms with van der Waals surface area (Å²) in [6.07, 6.45) is 8.97. The Morgan fingerprint density at radius 3 is 2.91 bits per heavy atom. The number of hydrogen-bond donors (Lipinski definition) is 1. The second kappa shape index (κ2) is 5.93. The Morgan fingerprint density at radius 2 is 2.26 bits per heavy atom. The molecule has 0 unspecified atom stereocenters. The van der Waals surface area contributed by atoms with E-state index in [0.717, 1.165) is 16.8 Å². The summed E-state index contributed by atoms with van der Waals surface area (Å²) in [7, 11) is 0. The summed E-state index contributed by atoms with van der Waals surface area (Å²) in [6, 6.07) is 0.254. The van der Waals surface area contributed by atoms with Crippen LogP contribution in [-0.2, 0) is 0 Å². The largest absolute Gasteiger partial charge is 0.350 e. The van der Waals surface area contributed by atoms with Crippen molar-refractivity contribution in [1.29, 1.82) is 0 Å². The highest BCUT2D eigenvalue weighted by Gasteiger charge is 2.18. The van der Waals surface area contributed by atoms with E-state index in [1.165, 1.54) is 16.3 Å². The summed E-state index contributed by atoms with van der Waals surface area (Å²) >= 11 is 1.31. The van der Waals surface area contributed by atoms with Crippen LogP contribution in [0.15, 0.2) is 22.3 Å². The molecule has 7 nitrogen and oxygen atoms in total.